The Labute approximate surface area is 158 Å². The van der Waals surface area contributed by atoms with Gasteiger partial charge in [-0.25, -0.2) is 17.9 Å². The number of ether oxygens (including phenoxy) is 1. The molecule has 2 rings (SSSR count). The van der Waals surface area contributed by atoms with Crippen molar-refractivity contribution in [2.75, 3.05) is 13.2 Å². The van der Waals surface area contributed by atoms with Crippen LogP contribution in [0.15, 0.2) is 17.0 Å². The van der Waals surface area contributed by atoms with Gasteiger partial charge in [-0.2, -0.15) is 0 Å². The first-order chi connectivity index (χ1) is 12.7. The van der Waals surface area contributed by atoms with Crippen LogP contribution in [0, 0.1) is 23.0 Å². The lowest BCUT2D eigenvalue weighted by Gasteiger charge is -2.31. The van der Waals surface area contributed by atoms with Crippen molar-refractivity contribution in [2.24, 2.45) is 11.7 Å². The SMILES string of the molecule is CCOC(=O)c1cc(S(=O)(=O)NC2CCCCC2CN)cc([N+](=O)[O-])c1C. The van der Waals surface area contributed by atoms with Crippen LogP contribution in [0.4, 0.5) is 5.69 Å². The predicted molar refractivity (Wildman–Crippen MR) is 98.9 cm³/mol. The van der Waals surface area contributed by atoms with Gasteiger partial charge in [0.05, 0.1) is 22.0 Å². The van der Waals surface area contributed by atoms with Gasteiger partial charge in [-0.3, -0.25) is 10.1 Å². The van der Waals surface area contributed by atoms with Crippen LogP contribution in [0.2, 0.25) is 0 Å². The number of hydrogen-bond acceptors (Lipinski definition) is 7. The second-order valence-electron chi connectivity index (χ2n) is 6.60. The van der Waals surface area contributed by atoms with Crippen LogP contribution in [-0.2, 0) is 14.8 Å². The van der Waals surface area contributed by atoms with Gasteiger partial charge in [-0.1, -0.05) is 12.8 Å². The Hall–Kier alpha value is -2.04. The van der Waals surface area contributed by atoms with Gasteiger partial charge in [0, 0.05) is 17.7 Å². The van der Waals surface area contributed by atoms with Crippen molar-refractivity contribution in [3.8, 4) is 0 Å². The van der Waals surface area contributed by atoms with E-state index in [1.807, 2.05) is 0 Å². The van der Waals surface area contributed by atoms with Crippen LogP contribution in [0.25, 0.3) is 0 Å². The number of nitro groups is 1. The summed E-state index contributed by atoms with van der Waals surface area (Å²) in [6.45, 7) is 3.41. The third-order valence-electron chi connectivity index (χ3n) is 4.87. The topological polar surface area (TPSA) is 142 Å². The Balaban J connectivity index is 2.45. The van der Waals surface area contributed by atoms with Crippen LogP contribution in [0.1, 0.15) is 48.5 Å². The van der Waals surface area contributed by atoms with Gasteiger partial charge in [0.25, 0.3) is 5.69 Å². The van der Waals surface area contributed by atoms with Crippen LogP contribution >= 0.6 is 0 Å². The largest absolute Gasteiger partial charge is 0.462 e. The second kappa shape index (κ2) is 8.77. The Morgan fingerprint density at radius 1 is 1.37 bits per heavy atom. The van der Waals surface area contributed by atoms with Gasteiger partial charge in [-0.05, 0) is 45.2 Å². The summed E-state index contributed by atoms with van der Waals surface area (Å²) in [5.74, 6) is -0.786. The molecule has 0 heterocycles. The molecule has 0 saturated heterocycles. The zero-order chi connectivity index (χ0) is 20.2. The highest BCUT2D eigenvalue weighted by atomic mass is 32.2. The number of rotatable bonds is 7. The minimum absolute atomic E-state index is 0.0125. The number of nitrogens with zero attached hydrogens (tertiary/aromatic N) is 1. The molecular formula is C17H25N3O6S. The first kappa shape index (κ1) is 21.3. The zero-order valence-electron chi connectivity index (χ0n) is 15.4. The highest BCUT2D eigenvalue weighted by molar-refractivity contribution is 7.89. The molecule has 0 radical (unpaired) electrons. The molecule has 3 N–H and O–H groups in total. The minimum atomic E-state index is -4.06. The van der Waals surface area contributed by atoms with Crippen molar-refractivity contribution >= 4 is 21.7 Å². The molecule has 0 amide bonds. The number of esters is 1. The summed E-state index contributed by atoms with van der Waals surface area (Å²) in [6, 6.07) is 1.77. The highest BCUT2D eigenvalue weighted by Crippen LogP contribution is 2.29. The Bertz CT molecular complexity index is 824. The number of benzene rings is 1. The normalized spacial score (nSPS) is 20.3. The van der Waals surface area contributed by atoms with E-state index in [4.69, 9.17) is 10.5 Å². The van der Waals surface area contributed by atoms with Crippen LogP contribution in [0.5, 0.6) is 0 Å². The molecule has 0 spiro atoms. The molecule has 1 fully saturated rings. The van der Waals surface area contributed by atoms with Crippen LogP contribution in [-0.4, -0.2) is 38.5 Å². The number of nitrogens with one attached hydrogen (secondary N) is 1. The Kier molecular flexibility index (Phi) is 6.90. The molecule has 1 aromatic carbocycles. The number of sulfonamides is 1. The van der Waals surface area contributed by atoms with E-state index in [1.165, 1.54) is 6.92 Å². The van der Waals surface area contributed by atoms with E-state index in [9.17, 15) is 23.3 Å². The monoisotopic (exact) mass is 399 g/mol. The first-order valence-corrected chi connectivity index (χ1v) is 10.4. The minimum Gasteiger partial charge on any atom is -0.462 e. The van der Waals surface area contributed by atoms with E-state index >= 15 is 0 Å². The van der Waals surface area contributed by atoms with Gasteiger partial charge in [0.2, 0.25) is 10.0 Å². The maximum Gasteiger partial charge on any atom is 0.338 e. The zero-order valence-corrected chi connectivity index (χ0v) is 16.3. The third-order valence-corrected chi connectivity index (χ3v) is 6.34. The number of carbonyl (C=O) groups excluding carboxylic acids is 1. The lowest BCUT2D eigenvalue weighted by atomic mass is 9.85. The molecule has 150 valence electrons. The van der Waals surface area contributed by atoms with Crippen molar-refractivity contribution in [1.82, 2.24) is 4.72 Å². The fourth-order valence-electron chi connectivity index (χ4n) is 3.35. The van der Waals surface area contributed by atoms with Crippen LogP contribution < -0.4 is 10.5 Å². The van der Waals surface area contributed by atoms with Gasteiger partial charge < -0.3 is 10.5 Å². The molecule has 27 heavy (non-hydrogen) atoms. The molecule has 0 bridgehead atoms. The quantitative estimate of drug-likeness (QED) is 0.405. The van der Waals surface area contributed by atoms with E-state index in [2.05, 4.69) is 4.72 Å². The molecule has 2 unspecified atom stereocenters. The van der Waals surface area contributed by atoms with Gasteiger partial charge in [-0.15, -0.1) is 0 Å². The molecule has 2 atom stereocenters. The molecule has 10 heteroatoms. The maximum absolute atomic E-state index is 12.9. The van der Waals surface area contributed by atoms with Gasteiger partial charge >= 0.3 is 5.97 Å². The summed E-state index contributed by atoms with van der Waals surface area (Å²) in [6.07, 6.45) is 3.35. The van der Waals surface area contributed by atoms with E-state index in [-0.39, 0.29) is 34.6 Å². The summed E-state index contributed by atoms with van der Waals surface area (Å²) in [5, 5.41) is 11.3. The van der Waals surface area contributed by atoms with Gasteiger partial charge in [0.15, 0.2) is 0 Å². The summed E-state index contributed by atoms with van der Waals surface area (Å²) < 4.78 is 33.2. The average Bonchev–Trinajstić information content (AvgIpc) is 2.61. The fourth-order valence-corrected chi connectivity index (χ4v) is 4.74. The molecule has 0 aliphatic heterocycles. The molecular weight excluding hydrogens is 374 g/mol. The van der Waals surface area contributed by atoms with E-state index in [0.29, 0.717) is 13.0 Å². The summed E-state index contributed by atoms with van der Waals surface area (Å²) in [4.78, 5) is 22.4. The third kappa shape index (κ3) is 4.82. The van der Waals surface area contributed by atoms with Crippen molar-refractivity contribution in [3.63, 3.8) is 0 Å². The summed E-state index contributed by atoms with van der Waals surface area (Å²) >= 11 is 0. The molecule has 1 aliphatic carbocycles. The highest BCUT2D eigenvalue weighted by Gasteiger charge is 2.31. The Morgan fingerprint density at radius 3 is 2.63 bits per heavy atom. The molecule has 1 saturated carbocycles. The molecule has 1 aliphatic rings. The lowest BCUT2D eigenvalue weighted by Crippen LogP contribution is -2.44. The fraction of sp³-hybridized carbons (Fsp3) is 0.588. The average molecular weight is 399 g/mol. The van der Waals surface area contributed by atoms with E-state index < -0.39 is 26.6 Å². The smallest absolute Gasteiger partial charge is 0.338 e. The molecule has 9 nitrogen and oxygen atoms in total. The number of nitro benzene ring substituents is 1. The number of nitrogens with two attached hydrogens (primary N) is 1. The van der Waals surface area contributed by atoms with Crippen molar-refractivity contribution < 1.29 is 22.9 Å². The van der Waals surface area contributed by atoms with E-state index in [0.717, 1.165) is 31.4 Å². The van der Waals surface area contributed by atoms with Crippen molar-refractivity contribution in [2.45, 2.75) is 50.5 Å². The van der Waals surface area contributed by atoms with Crippen LogP contribution in [0.3, 0.4) is 0 Å². The molecule has 0 aromatic heterocycles. The van der Waals surface area contributed by atoms with Gasteiger partial charge in [0.1, 0.15) is 0 Å². The first-order valence-electron chi connectivity index (χ1n) is 8.89. The molecule has 1 aromatic rings. The Morgan fingerprint density at radius 2 is 2.04 bits per heavy atom. The maximum atomic E-state index is 12.9. The number of hydrogen-bond donors (Lipinski definition) is 2. The number of carbonyl (C=O) groups is 1. The van der Waals surface area contributed by atoms with Crippen molar-refractivity contribution in [3.05, 3.63) is 33.4 Å². The second-order valence-corrected chi connectivity index (χ2v) is 8.31. The van der Waals surface area contributed by atoms with E-state index in [1.54, 1.807) is 6.92 Å². The summed E-state index contributed by atoms with van der Waals surface area (Å²) in [5.41, 5.74) is 5.23. The predicted octanol–water partition coefficient (Wildman–Crippen LogP) is 1.88. The standard InChI is InChI=1S/C17H25N3O6S/c1-3-26-17(21)14-8-13(9-16(11(14)2)20(22)23)27(24,25)19-15-7-5-4-6-12(15)10-18/h8-9,12,15,19H,3-7,10,18H2,1-2H3. The van der Waals surface area contributed by atoms with Crippen molar-refractivity contribution in [1.29, 1.82) is 0 Å². The lowest BCUT2D eigenvalue weighted by molar-refractivity contribution is -0.385. The summed E-state index contributed by atoms with van der Waals surface area (Å²) in [7, 11) is -4.06.